The summed E-state index contributed by atoms with van der Waals surface area (Å²) in [7, 11) is -6.55. The molecule has 206 valence electrons. The number of halogens is 3. The van der Waals surface area contributed by atoms with E-state index >= 15 is 0 Å². The lowest BCUT2D eigenvalue weighted by atomic mass is 9.85. The normalized spacial score (nSPS) is 23.5. The van der Waals surface area contributed by atoms with E-state index in [9.17, 15) is 36.1 Å². The molecule has 1 aromatic rings. The summed E-state index contributed by atoms with van der Waals surface area (Å²) in [5.41, 5.74) is -0.775. The SMILES string of the molecule is COP1(=O)N=C(C2=C(O)C(C(C)(C)C)N(CCC(C)C(F)(F)F)C2=O)Nc2ccc(NS(C)(=O)=O)cc21. The van der Waals surface area contributed by atoms with Crippen LogP contribution in [0, 0.1) is 11.3 Å². The van der Waals surface area contributed by atoms with Gasteiger partial charge in [0.2, 0.25) is 10.0 Å². The highest BCUT2D eigenvalue weighted by molar-refractivity contribution is 7.92. The number of benzene rings is 1. The molecule has 15 heteroatoms. The van der Waals surface area contributed by atoms with Crippen LogP contribution in [0.25, 0.3) is 0 Å². The van der Waals surface area contributed by atoms with Crippen LogP contribution in [-0.2, 0) is 23.9 Å². The van der Waals surface area contributed by atoms with Crippen LogP contribution in [0.1, 0.15) is 34.1 Å². The molecule has 0 spiro atoms. The molecule has 2 aliphatic rings. The van der Waals surface area contributed by atoms with Gasteiger partial charge in [-0.2, -0.15) is 17.9 Å². The number of alkyl halides is 3. The Kier molecular flexibility index (Phi) is 7.54. The maximum absolute atomic E-state index is 13.6. The van der Waals surface area contributed by atoms with Gasteiger partial charge in [0, 0.05) is 19.3 Å². The summed E-state index contributed by atoms with van der Waals surface area (Å²) in [5.74, 6) is -3.11. The predicted molar refractivity (Wildman–Crippen MR) is 135 cm³/mol. The highest BCUT2D eigenvalue weighted by atomic mass is 32.2. The minimum atomic E-state index is -4.44. The summed E-state index contributed by atoms with van der Waals surface area (Å²) in [5, 5.41) is 14.0. The number of amides is 1. The summed E-state index contributed by atoms with van der Waals surface area (Å²) in [6.45, 7) is 5.93. The van der Waals surface area contributed by atoms with E-state index < -0.39 is 52.8 Å². The second-order valence-electron chi connectivity index (χ2n) is 10.1. The molecule has 1 aromatic carbocycles. The Bertz CT molecular complexity index is 1320. The van der Waals surface area contributed by atoms with E-state index in [1.807, 2.05) is 0 Å². The molecular weight excluding hydrogens is 536 g/mol. The third-order valence-electron chi connectivity index (χ3n) is 6.06. The fourth-order valence-corrected chi connectivity index (χ4v) is 6.31. The monoisotopic (exact) mass is 566 g/mol. The summed E-state index contributed by atoms with van der Waals surface area (Å²) in [6.07, 6.45) is -3.87. The van der Waals surface area contributed by atoms with Gasteiger partial charge in [-0.3, -0.25) is 14.1 Å². The fourth-order valence-electron chi connectivity index (χ4n) is 4.22. The Morgan fingerprint density at radius 2 is 1.92 bits per heavy atom. The third-order valence-corrected chi connectivity index (χ3v) is 8.60. The van der Waals surface area contributed by atoms with E-state index in [-0.39, 0.29) is 41.1 Å². The van der Waals surface area contributed by atoms with Crippen LogP contribution in [0.2, 0.25) is 0 Å². The van der Waals surface area contributed by atoms with Crippen molar-refractivity contribution in [2.75, 3.05) is 29.9 Å². The molecule has 3 unspecified atom stereocenters. The number of nitrogens with one attached hydrogen (secondary N) is 2. The zero-order valence-electron chi connectivity index (χ0n) is 21.2. The van der Waals surface area contributed by atoms with Crippen LogP contribution in [0.15, 0.2) is 34.3 Å². The van der Waals surface area contributed by atoms with Gasteiger partial charge < -0.3 is 19.8 Å². The number of aliphatic hydroxyl groups excluding tert-OH is 1. The van der Waals surface area contributed by atoms with Gasteiger partial charge in [0.15, 0.2) is 5.84 Å². The molecule has 0 bridgehead atoms. The van der Waals surface area contributed by atoms with E-state index in [1.54, 1.807) is 20.8 Å². The lowest BCUT2D eigenvalue weighted by Gasteiger charge is -2.35. The molecular formula is C22H30F3N4O6PS. The lowest BCUT2D eigenvalue weighted by molar-refractivity contribution is -0.173. The van der Waals surface area contributed by atoms with E-state index in [2.05, 4.69) is 14.8 Å². The third kappa shape index (κ3) is 5.96. The zero-order valence-corrected chi connectivity index (χ0v) is 22.9. The number of nitrogens with zero attached hydrogens (tertiary/aromatic N) is 2. The van der Waals surface area contributed by atoms with Gasteiger partial charge in [0.25, 0.3) is 5.91 Å². The van der Waals surface area contributed by atoms with E-state index in [0.29, 0.717) is 0 Å². The average molecular weight is 567 g/mol. The van der Waals surface area contributed by atoms with Gasteiger partial charge in [-0.15, -0.1) is 0 Å². The van der Waals surface area contributed by atoms with Gasteiger partial charge in [-0.25, -0.2) is 8.42 Å². The van der Waals surface area contributed by atoms with E-state index in [1.165, 1.54) is 23.1 Å². The predicted octanol–water partition coefficient (Wildman–Crippen LogP) is 4.00. The number of sulfonamides is 1. The van der Waals surface area contributed by atoms with Crippen LogP contribution < -0.4 is 15.3 Å². The second kappa shape index (κ2) is 9.63. The van der Waals surface area contributed by atoms with Crippen molar-refractivity contribution < 1.29 is 40.6 Å². The van der Waals surface area contributed by atoms with Crippen molar-refractivity contribution >= 4 is 46.0 Å². The van der Waals surface area contributed by atoms with Gasteiger partial charge in [-0.1, -0.05) is 27.7 Å². The number of rotatable bonds is 7. The summed E-state index contributed by atoms with van der Waals surface area (Å²) in [6, 6.07) is 3.12. The van der Waals surface area contributed by atoms with Crippen molar-refractivity contribution in [3.63, 3.8) is 0 Å². The van der Waals surface area contributed by atoms with E-state index in [4.69, 9.17) is 4.52 Å². The highest BCUT2D eigenvalue weighted by Crippen LogP contribution is 2.52. The number of anilines is 2. The molecule has 37 heavy (non-hydrogen) atoms. The molecule has 0 fully saturated rings. The van der Waals surface area contributed by atoms with Crippen molar-refractivity contribution in [1.29, 1.82) is 0 Å². The maximum atomic E-state index is 13.6. The Morgan fingerprint density at radius 3 is 2.43 bits per heavy atom. The van der Waals surface area contributed by atoms with Crippen LogP contribution in [0.4, 0.5) is 24.5 Å². The van der Waals surface area contributed by atoms with Crippen molar-refractivity contribution in [1.82, 2.24) is 4.90 Å². The first kappa shape index (κ1) is 29.0. The molecule has 3 rings (SSSR count). The number of carbonyl (C=O) groups excluding carboxylic acids is 1. The molecule has 0 saturated carbocycles. The molecule has 0 aliphatic carbocycles. The van der Waals surface area contributed by atoms with Crippen LogP contribution in [0.3, 0.4) is 0 Å². The number of hydrogen-bond donors (Lipinski definition) is 3. The van der Waals surface area contributed by atoms with Crippen molar-refractivity contribution in [3.05, 3.63) is 29.5 Å². The van der Waals surface area contributed by atoms with Gasteiger partial charge in [0.1, 0.15) is 11.3 Å². The Balaban J connectivity index is 2.04. The number of fused-ring (bicyclic) bond motifs is 1. The largest absolute Gasteiger partial charge is 0.509 e. The maximum Gasteiger partial charge on any atom is 0.391 e. The first-order valence-corrected chi connectivity index (χ1v) is 14.7. The minimum Gasteiger partial charge on any atom is -0.509 e. The molecule has 0 aromatic heterocycles. The highest BCUT2D eigenvalue weighted by Gasteiger charge is 2.49. The number of carbonyl (C=O) groups is 1. The molecule has 2 heterocycles. The average Bonchev–Trinajstić information content (AvgIpc) is 3.00. The van der Waals surface area contributed by atoms with Crippen molar-refractivity contribution in [3.8, 4) is 0 Å². The molecule has 2 aliphatic heterocycles. The smallest absolute Gasteiger partial charge is 0.391 e. The Morgan fingerprint density at radius 1 is 1.30 bits per heavy atom. The van der Waals surface area contributed by atoms with Crippen LogP contribution in [0.5, 0.6) is 0 Å². The fraction of sp³-hybridized carbons (Fsp3) is 0.545. The van der Waals surface area contributed by atoms with Gasteiger partial charge in [-0.05, 0) is 30.0 Å². The molecule has 10 nitrogen and oxygen atoms in total. The first-order valence-electron chi connectivity index (χ1n) is 11.2. The Labute approximate surface area is 213 Å². The van der Waals surface area contributed by atoms with Gasteiger partial charge >= 0.3 is 13.7 Å². The van der Waals surface area contributed by atoms with Crippen LogP contribution >= 0.6 is 7.52 Å². The standard InChI is InChI=1S/C22H30F3N4O6PS/c1-12(22(23,24)25)9-10-29-18(21(2,3)4)17(30)16(20(29)31)19-26-14-8-7-13(28-37(6,33)34)11-15(14)36(32,27-19)35-5/h7-8,11-12,18,28,30H,9-10H2,1-6H3,(H,26,27,32). The van der Waals surface area contributed by atoms with Gasteiger partial charge in [0.05, 0.1) is 29.2 Å². The number of hydrogen-bond acceptors (Lipinski definition) is 7. The van der Waals surface area contributed by atoms with Crippen molar-refractivity contribution in [2.24, 2.45) is 16.1 Å². The second-order valence-corrected chi connectivity index (χ2v) is 14.0. The lowest BCUT2D eigenvalue weighted by Crippen LogP contribution is -2.45. The van der Waals surface area contributed by atoms with E-state index in [0.717, 1.165) is 20.3 Å². The molecule has 3 N–H and O–H groups in total. The zero-order chi connectivity index (χ0) is 28.1. The summed E-state index contributed by atoms with van der Waals surface area (Å²) >= 11 is 0. The molecule has 0 radical (unpaired) electrons. The quantitative estimate of drug-likeness (QED) is 0.424. The summed E-state index contributed by atoms with van der Waals surface area (Å²) in [4.78, 5) is 14.6. The van der Waals surface area contributed by atoms with Crippen LogP contribution in [-0.4, -0.2) is 62.3 Å². The molecule has 0 saturated heterocycles. The van der Waals surface area contributed by atoms with Crippen molar-refractivity contribution in [2.45, 2.75) is 46.3 Å². The summed E-state index contributed by atoms with van der Waals surface area (Å²) < 4.78 is 87.7. The Hall–Kier alpha value is -2.57. The molecule has 3 atom stereocenters. The number of amidine groups is 1. The minimum absolute atomic E-state index is 0.0289. The number of aliphatic hydroxyl groups is 1. The first-order chi connectivity index (χ1) is 16.8. The molecule has 1 amide bonds. The topological polar surface area (TPSA) is 137 Å².